The van der Waals surface area contributed by atoms with E-state index in [0.29, 0.717) is 12.1 Å². The van der Waals surface area contributed by atoms with E-state index in [1.165, 1.54) is 12.4 Å². The van der Waals surface area contributed by atoms with E-state index < -0.39 is 5.97 Å². The molecule has 0 saturated carbocycles. The number of rotatable bonds is 4. The van der Waals surface area contributed by atoms with Crippen molar-refractivity contribution in [3.8, 4) is 0 Å². The summed E-state index contributed by atoms with van der Waals surface area (Å²) in [4.78, 5) is 36.5. The molecule has 1 amide bonds. The summed E-state index contributed by atoms with van der Waals surface area (Å²) in [5.74, 6) is -1.01. The number of fused-ring (bicyclic) bond motifs is 2. The average molecular weight is 413 g/mol. The topological polar surface area (TPSA) is 124 Å². The largest absolute Gasteiger partial charge is 0.478 e. The van der Waals surface area contributed by atoms with Crippen molar-refractivity contribution in [2.24, 2.45) is 0 Å². The number of hydrogen-bond acceptors (Lipinski definition) is 4. The van der Waals surface area contributed by atoms with Gasteiger partial charge in [0.25, 0.3) is 5.91 Å². The summed E-state index contributed by atoms with van der Waals surface area (Å²) in [6, 6.07) is 20.0. The second-order valence-corrected chi connectivity index (χ2v) is 6.74. The molecule has 0 radical (unpaired) electrons. The molecule has 3 aromatic carbocycles. The number of hydrogen-bond donors (Lipinski definition) is 4. The van der Waals surface area contributed by atoms with Crippen LogP contribution in [0.25, 0.3) is 22.1 Å². The Morgan fingerprint density at radius 3 is 2.00 bits per heavy atom. The number of carbonyl (C=O) groups excluding carboxylic acids is 1. The van der Waals surface area contributed by atoms with Crippen LogP contribution < -0.4 is 5.32 Å². The SMILES string of the molecule is O=C(NCc1ccccc1)c1ccc2nc[nH]c2c1.O=C(O)c1ccc2nc[nH]c2c1. The Labute approximate surface area is 177 Å². The molecule has 31 heavy (non-hydrogen) atoms. The van der Waals surface area contributed by atoms with Gasteiger partial charge in [0.1, 0.15) is 0 Å². The van der Waals surface area contributed by atoms with E-state index in [4.69, 9.17) is 5.11 Å². The molecule has 0 atom stereocenters. The van der Waals surface area contributed by atoms with Crippen molar-refractivity contribution in [3.63, 3.8) is 0 Å². The van der Waals surface area contributed by atoms with Crippen molar-refractivity contribution >= 4 is 33.9 Å². The number of nitrogens with one attached hydrogen (secondary N) is 3. The summed E-state index contributed by atoms with van der Waals surface area (Å²) >= 11 is 0. The summed E-state index contributed by atoms with van der Waals surface area (Å²) in [5, 5.41) is 11.5. The van der Waals surface area contributed by atoms with Crippen LogP contribution in [0.2, 0.25) is 0 Å². The fraction of sp³-hybridized carbons (Fsp3) is 0.0435. The minimum absolute atomic E-state index is 0.0830. The predicted molar refractivity (Wildman–Crippen MR) is 117 cm³/mol. The van der Waals surface area contributed by atoms with Gasteiger partial charge in [-0.3, -0.25) is 4.79 Å². The van der Waals surface area contributed by atoms with E-state index >= 15 is 0 Å². The van der Waals surface area contributed by atoms with Crippen molar-refractivity contribution in [1.82, 2.24) is 25.3 Å². The maximum atomic E-state index is 12.0. The molecule has 154 valence electrons. The highest BCUT2D eigenvalue weighted by Crippen LogP contribution is 2.12. The Hall–Kier alpha value is -4.46. The normalized spacial score (nSPS) is 10.5. The van der Waals surface area contributed by atoms with Crippen LogP contribution in [0.5, 0.6) is 0 Å². The lowest BCUT2D eigenvalue weighted by Crippen LogP contribution is -2.22. The Morgan fingerprint density at radius 2 is 1.39 bits per heavy atom. The highest BCUT2D eigenvalue weighted by Gasteiger charge is 2.07. The minimum Gasteiger partial charge on any atom is -0.478 e. The van der Waals surface area contributed by atoms with Gasteiger partial charge in [-0.15, -0.1) is 0 Å². The molecule has 0 aliphatic heterocycles. The minimum atomic E-state index is -0.925. The first-order chi connectivity index (χ1) is 15.1. The molecular weight excluding hydrogens is 394 g/mol. The standard InChI is InChI=1S/C15H13N3O.C8H6N2O2/c19-15(16-9-11-4-2-1-3-5-11)12-6-7-13-14(8-12)18-10-17-13;11-8(12)5-1-2-6-7(3-5)10-4-9-6/h1-8,10H,9H2,(H,16,19)(H,17,18);1-4H,(H,9,10)(H,11,12). The summed E-state index contributed by atoms with van der Waals surface area (Å²) in [5.41, 5.74) is 5.24. The first kappa shape index (κ1) is 19.8. The van der Waals surface area contributed by atoms with Crippen molar-refractivity contribution in [3.05, 3.63) is 96.1 Å². The average Bonchev–Trinajstić information content (AvgIpc) is 3.46. The van der Waals surface area contributed by atoms with E-state index in [1.807, 2.05) is 42.5 Å². The molecule has 0 aliphatic rings. The van der Waals surface area contributed by atoms with Gasteiger partial charge in [0.2, 0.25) is 0 Å². The van der Waals surface area contributed by atoms with E-state index in [-0.39, 0.29) is 11.5 Å². The lowest BCUT2D eigenvalue weighted by Gasteiger charge is -2.05. The summed E-state index contributed by atoms with van der Waals surface area (Å²) in [7, 11) is 0. The number of benzene rings is 3. The van der Waals surface area contributed by atoms with Crippen LogP contribution in [0.15, 0.2) is 79.4 Å². The Kier molecular flexibility index (Phi) is 5.70. The number of carboxylic acid groups (broad SMARTS) is 1. The number of carbonyl (C=O) groups is 2. The van der Waals surface area contributed by atoms with Gasteiger partial charge >= 0.3 is 5.97 Å². The van der Waals surface area contributed by atoms with E-state index in [0.717, 1.165) is 27.6 Å². The fourth-order valence-electron chi connectivity index (χ4n) is 3.03. The third-order valence-electron chi connectivity index (χ3n) is 4.65. The second-order valence-electron chi connectivity index (χ2n) is 6.74. The molecule has 0 bridgehead atoms. The first-order valence-electron chi connectivity index (χ1n) is 9.52. The lowest BCUT2D eigenvalue weighted by molar-refractivity contribution is 0.0696. The maximum absolute atomic E-state index is 12.0. The van der Waals surface area contributed by atoms with Crippen molar-refractivity contribution in [2.45, 2.75) is 6.54 Å². The number of aromatic amines is 2. The van der Waals surface area contributed by atoms with Gasteiger partial charge in [-0.05, 0) is 42.0 Å². The third-order valence-corrected chi connectivity index (χ3v) is 4.65. The number of carboxylic acids is 1. The molecule has 0 fully saturated rings. The number of amides is 1. The first-order valence-corrected chi connectivity index (χ1v) is 9.52. The van der Waals surface area contributed by atoms with E-state index in [2.05, 4.69) is 25.3 Å². The van der Waals surface area contributed by atoms with Crippen LogP contribution in [-0.2, 0) is 6.54 Å². The van der Waals surface area contributed by atoms with Crippen LogP contribution in [0.3, 0.4) is 0 Å². The van der Waals surface area contributed by atoms with Crippen LogP contribution in [0.1, 0.15) is 26.3 Å². The van der Waals surface area contributed by atoms with Crippen molar-refractivity contribution in [1.29, 1.82) is 0 Å². The smallest absolute Gasteiger partial charge is 0.335 e. The number of aromatic carboxylic acids is 1. The highest BCUT2D eigenvalue weighted by molar-refractivity contribution is 5.97. The van der Waals surface area contributed by atoms with E-state index in [1.54, 1.807) is 24.5 Å². The Bertz CT molecular complexity index is 1340. The molecule has 2 heterocycles. The zero-order valence-corrected chi connectivity index (χ0v) is 16.4. The number of imidazole rings is 2. The third kappa shape index (κ3) is 4.76. The lowest BCUT2D eigenvalue weighted by atomic mass is 10.1. The van der Waals surface area contributed by atoms with E-state index in [9.17, 15) is 9.59 Å². The van der Waals surface area contributed by atoms with Crippen molar-refractivity contribution in [2.75, 3.05) is 0 Å². The van der Waals surface area contributed by atoms with Gasteiger partial charge in [0, 0.05) is 12.1 Å². The quantitative estimate of drug-likeness (QED) is 0.357. The van der Waals surface area contributed by atoms with Gasteiger partial charge in [0.05, 0.1) is 40.3 Å². The number of aromatic nitrogens is 4. The van der Waals surface area contributed by atoms with Gasteiger partial charge in [-0.25, -0.2) is 14.8 Å². The molecule has 8 heteroatoms. The summed E-state index contributed by atoms with van der Waals surface area (Å²) in [6.07, 6.45) is 3.16. The summed E-state index contributed by atoms with van der Waals surface area (Å²) in [6.45, 7) is 0.528. The molecule has 5 aromatic rings. The highest BCUT2D eigenvalue weighted by atomic mass is 16.4. The fourth-order valence-corrected chi connectivity index (χ4v) is 3.03. The molecule has 0 spiro atoms. The molecule has 4 N–H and O–H groups in total. The number of H-pyrrole nitrogens is 2. The maximum Gasteiger partial charge on any atom is 0.335 e. The molecule has 0 saturated heterocycles. The monoisotopic (exact) mass is 413 g/mol. The molecule has 2 aromatic heterocycles. The van der Waals surface area contributed by atoms with Crippen LogP contribution >= 0.6 is 0 Å². The molecule has 0 aliphatic carbocycles. The van der Waals surface area contributed by atoms with Crippen molar-refractivity contribution < 1.29 is 14.7 Å². The van der Waals surface area contributed by atoms with Crippen LogP contribution in [-0.4, -0.2) is 36.9 Å². The Morgan fingerprint density at radius 1 is 0.806 bits per heavy atom. The zero-order chi connectivity index (χ0) is 21.6. The Balaban J connectivity index is 0.000000166. The zero-order valence-electron chi connectivity index (χ0n) is 16.4. The second kappa shape index (κ2) is 8.91. The van der Waals surface area contributed by atoms with Gasteiger partial charge in [0.15, 0.2) is 0 Å². The molecule has 5 rings (SSSR count). The van der Waals surface area contributed by atoms with Gasteiger partial charge < -0.3 is 20.4 Å². The molecule has 0 unspecified atom stereocenters. The molecule has 8 nitrogen and oxygen atoms in total. The number of nitrogens with zero attached hydrogens (tertiary/aromatic N) is 2. The molecular formula is C23H19N5O3. The summed E-state index contributed by atoms with van der Waals surface area (Å²) < 4.78 is 0. The van der Waals surface area contributed by atoms with Gasteiger partial charge in [-0.1, -0.05) is 30.3 Å². The van der Waals surface area contributed by atoms with Crippen LogP contribution in [0.4, 0.5) is 0 Å². The van der Waals surface area contributed by atoms with Crippen LogP contribution in [0, 0.1) is 0 Å². The van der Waals surface area contributed by atoms with Gasteiger partial charge in [-0.2, -0.15) is 0 Å². The predicted octanol–water partition coefficient (Wildman–Crippen LogP) is 3.75.